The summed E-state index contributed by atoms with van der Waals surface area (Å²) in [5, 5.41) is 1.31. The lowest BCUT2D eigenvalue weighted by Crippen LogP contribution is -2.20. The summed E-state index contributed by atoms with van der Waals surface area (Å²) in [6, 6.07) is 17.3. The van der Waals surface area contributed by atoms with E-state index in [0.717, 1.165) is 4.47 Å². The second-order valence-electron chi connectivity index (χ2n) is 6.27. The molecule has 1 saturated heterocycles. The molecule has 3 aromatic rings. The molecule has 128 valence electrons. The van der Waals surface area contributed by atoms with E-state index in [1.54, 1.807) is 0 Å². The molecule has 25 heavy (non-hydrogen) atoms. The Bertz CT molecular complexity index is 905. The molecule has 2 aromatic carbocycles. The van der Waals surface area contributed by atoms with Crippen molar-refractivity contribution < 1.29 is 0 Å². The molecule has 0 atom stereocenters. The van der Waals surface area contributed by atoms with E-state index in [9.17, 15) is 0 Å². The standard InChI is InChI=1S/C21H20BrNS2/c1-15-18-5-2-3-6-20(18)23-19(15)11-12-21(24-13-4-14-25-21)16-7-9-17(22)10-8-16/h2-3,5-12,23H,4,13-14H2,1H3/b12-11+. The van der Waals surface area contributed by atoms with Gasteiger partial charge < -0.3 is 4.98 Å². The van der Waals surface area contributed by atoms with Crippen LogP contribution in [0.15, 0.2) is 59.1 Å². The fourth-order valence-electron chi connectivity index (χ4n) is 3.25. The summed E-state index contributed by atoms with van der Waals surface area (Å²) in [4.78, 5) is 3.57. The van der Waals surface area contributed by atoms with Gasteiger partial charge in [0.2, 0.25) is 0 Å². The van der Waals surface area contributed by atoms with Crippen LogP contribution < -0.4 is 0 Å². The maximum atomic E-state index is 3.57. The van der Waals surface area contributed by atoms with Crippen LogP contribution in [0.2, 0.25) is 0 Å². The molecule has 1 fully saturated rings. The van der Waals surface area contributed by atoms with Crippen LogP contribution in [0.25, 0.3) is 17.0 Å². The lowest BCUT2D eigenvalue weighted by atomic mass is 10.1. The molecule has 0 saturated carbocycles. The minimum atomic E-state index is 0.00266. The zero-order valence-corrected chi connectivity index (χ0v) is 17.3. The number of halogens is 1. The van der Waals surface area contributed by atoms with Crippen molar-refractivity contribution in [1.29, 1.82) is 0 Å². The monoisotopic (exact) mass is 429 g/mol. The Hall–Kier alpha value is -1.10. The summed E-state index contributed by atoms with van der Waals surface area (Å²) in [5.41, 5.74) is 5.12. The number of nitrogens with one attached hydrogen (secondary N) is 1. The lowest BCUT2D eigenvalue weighted by molar-refractivity contribution is 1.04. The highest BCUT2D eigenvalue weighted by molar-refractivity contribution is 9.10. The maximum Gasteiger partial charge on any atom is 0.105 e. The number of rotatable bonds is 3. The molecule has 1 aliphatic rings. The Morgan fingerprint density at radius 3 is 2.48 bits per heavy atom. The van der Waals surface area contributed by atoms with Gasteiger partial charge in [-0.15, -0.1) is 23.5 Å². The smallest absolute Gasteiger partial charge is 0.105 e. The molecule has 0 spiro atoms. The third kappa shape index (κ3) is 3.44. The summed E-state index contributed by atoms with van der Waals surface area (Å²) >= 11 is 7.65. The summed E-state index contributed by atoms with van der Waals surface area (Å²) in [6.45, 7) is 2.20. The third-order valence-corrected chi connectivity index (χ3v) is 8.46. The maximum absolute atomic E-state index is 3.57. The zero-order valence-electron chi connectivity index (χ0n) is 14.1. The minimum absolute atomic E-state index is 0.00266. The van der Waals surface area contributed by atoms with E-state index < -0.39 is 0 Å². The highest BCUT2D eigenvalue weighted by Gasteiger charge is 2.33. The lowest BCUT2D eigenvalue weighted by Gasteiger charge is -2.34. The molecule has 0 radical (unpaired) electrons. The van der Waals surface area contributed by atoms with E-state index in [2.05, 4.69) is 88.5 Å². The van der Waals surface area contributed by atoms with Crippen molar-refractivity contribution in [2.45, 2.75) is 17.4 Å². The number of para-hydroxylation sites is 1. The van der Waals surface area contributed by atoms with Crippen molar-refractivity contribution in [1.82, 2.24) is 4.98 Å². The zero-order chi connectivity index (χ0) is 17.3. The molecule has 0 bridgehead atoms. The predicted molar refractivity (Wildman–Crippen MR) is 117 cm³/mol. The molecule has 4 rings (SSSR count). The highest BCUT2D eigenvalue weighted by Crippen LogP contribution is 2.51. The fourth-order valence-corrected chi connectivity index (χ4v) is 6.65. The first kappa shape index (κ1) is 17.3. The largest absolute Gasteiger partial charge is 0.355 e. The number of aromatic amines is 1. The van der Waals surface area contributed by atoms with Crippen LogP contribution in [-0.4, -0.2) is 16.5 Å². The Kier molecular flexibility index (Phi) is 5.03. The average Bonchev–Trinajstić information content (AvgIpc) is 2.98. The molecular weight excluding hydrogens is 410 g/mol. The summed E-state index contributed by atoms with van der Waals surface area (Å²) in [7, 11) is 0. The van der Waals surface area contributed by atoms with E-state index in [0.29, 0.717) is 0 Å². The Balaban J connectivity index is 1.74. The van der Waals surface area contributed by atoms with Crippen molar-refractivity contribution in [3.05, 3.63) is 75.9 Å². The van der Waals surface area contributed by atoms with Crippen LogP contribution in [0.3, 0.4) is 0 Å². The Morgan fingerprint density at radius 2 is 1.76 bits per heavy atom. The molecule has 1 nitrogen and oxygen atoms in total. The number of aromatic nitrogens is 1. The van der Waals surface area contributed by atoms with E-state index in [-0.39, 0.29) is 4.08 Å². The Labute approximate surface area is 165 Å². The molecule has 1 aliphatic heterocycles. The number of H-pyrrole nitrogens is 1. The average molecular weight is 430 g/mol. The van der Waals surface area contributed by atoms with Crippen LogP contribution in [0.5, 0.6) is 0 Å². The second kappa shape index (κ2) is 7.26. The van der Waals surface area contributed by atoms with Gasteiger partial charge in [-0.3, -0.25) is 0 Å². The number of hydrogen-bond donors (Lipinski definition) is 1. The normalized spacial score (nSPS) is 17.4. The van der Waals surface area contributed by atoms with Gasteiger partial charge in [0, 0.05) is 21.1 Å². The van der Waals surface area contributed by atoms with Crippen molar-refractivity contribution in [2.24, 2.45) is 0 Å². The molecule has 0 unspecified atom stereocenters. The first-order valence-electron chi connectivity index (χ1n) is 8.48. The molecule has 2 heterocycles. The van der Waals surface area contributed by atoms with E-state index in [1.807, 2.05) is 23.5 Å². The van der Waals surface area contributed by atoms with Crippen molar-refractivity contribution >= 4 is 56.4 Å². The summed E-state index contributed by atoms with van der Waals surface area (Å²) in [6.07, 6.45) is 5.96. The number of aryl methyl sites for hydroxylation is 1. The van der Waals surface area contributed by atoms with Crippen LogP contribution in [0, 0.1) is 6.92 Å². The SMILES string of the molecule is Cc1c(/C=C/C2(c3ccc(Br)cc3)SCCCS2)[nH]c2ccccc12. The molecule has 1 aromatic heterocycles. The number of thioether (sulfide) groups is 2. The number of hydrogen-bond acceptors (Lipinski definition) is 2. The Morgan fingerprint density at radius 1 is 1.04 bits per heavy atom. The molecule has 0 aliphatic carbocycles. The number of fused-ring (bicyclic) bond motifs is 1. The number of benzene rings is 2. The van der Waals surface area contributed by atoms with Crippen molar-refractivity contribution in [3.63, 3.8) is 0 Å². The van der Waals surface area contributed by atoms with Crippen molar-refractivity contribution in [2.75, 3.05) is 11.5 Å². The van der Waals surface area contributed by atoms with Gasteiger partial charge in [0.05, 0.1) is 0 Å². The van der Waals surface area contributed by atoms with E-state index in [1.165, 1.54) is 45.7 Å². The van der Waals surface area contributed by atoms with Crippen LogP contribution in [0.4, 0.5) is 0 Å². The quantitative estimate of drug-likeness (QED) is 0.483. The van der Waals surface area contributed by atoms with Gasteiger partial charge in [-0.05, 0) is 60.3 Å². The highest BCUT2D eigenvalue weighted by atomic mass is 79.9. The van der Waals surface area contributed by atoms with Crippen molar-refractivity contribution in [3.8, 4) is 0 Å². The fraction of sp³-hybridized carbons (Fsp3) is 0.238. The first-order valence-corrected chi connectivity index (χ1v) is 11.2. The van der Waals surface area contributed by atoms with Crippen LogP contribution in [0.1, 0.15) is 23.2 Å². The topological polar surface area (TPSA) is 15.8 Å². The third-order valence-electron chi connectivity index (χ3n) is 4.64. The summed E-state index contributed by atoms with van der Waals surface area (Å²) in [5.74, 6) is 2.41. The first-order chi connectivity index (χ1) is 12.2. The van der Waals surface area contributed by atoms with Gasteiger partial charge in [0.15, 0.2) is 0 Å². The van der Waals surface area contributed by atoms with E-state index >= 15 is 0 Å². The molecule has 4 heteroatoms. The minimum Gasteiger partial charge on any atom is -0.355 e. The molecule has 0 amide bonds. The second-order valence-corrected chi connectivity index (χ2v) is 10.1. The molecular formula is C21H20BrNS2. The van der Waals surface area contributed by atoms with Gasteiger partial charge in [-0.25, -0.2) is 0 Å². The van der Waals surface area contributed by atoms with Gasteiger partial charge in [-0.1, -0.05) is 52.3 Å². The predicted octanol–water partition coefficient (Wildman–Crippen LogP) is 6.98. The van der Waals surface area contributed by atoms with Gasteiger partial charge in [-0.2, -0.15) is 0 Å². The summed E-state index contributed by atoms with van der Waals surface area (Å²) < 4.78 is 1.13. The van der Waals surface area contributed by atoms with Crippen LogP contribution in [-0.2, 0) is 4.08 Å². The van der Waals surface area contributed by atoms with Gasteiger partial charge in [0.1, 0.15) is 4.08 Å². The van der Waals surface area contributed by atoms with E-state index in [4.69, 9.17) is 0 Å². The molecule has 1 N–H and O–H groups in total. The van der Waals surface area contributed by atoms with Crippen LogP contribution >= 0.6 is 39.5 Å². The van der Waals surface area contributed by atoms with Gasteiger partial charge >= 0.3 is 0 Å². The van der Waals surface area contributed by atoms with Gasteiger partial charge in [0.25, 0.3) is 0 Å².